The van der Waals surface area contributed by atoms with Gasteiger partial charge < -0.3 is 10.0 Å². The third-order valence-corrected chi connectivity index (χ3v) is 3.46. The zero-order valence-corrected chi connectivity index (χ0v) is 11.3. The van der Waals surface area contributed by atoms with Crippen molar-refractivity contribution in [2.45, 2.75) is 32.4 Å². The number of imide groups is 1. The van der Waals surface area contributed by atoms with Crippen LogP contribution < -0.4 is 10.2 Å². The van der Waals surface area contributed by atoms with E-state index in [9.17, 15) is 14.7 Å². The molecule has 2 rings (SSSR count). The van der Waals surface area contributed by atoms with Crippen molar-refractivity contribution in [2.24, 2.45) is 0 Å². The van der Waals surface area contributed by atoms with E-state index in [1.807, 2.05) is 18.2 Å². The molecule has 0 bridgehead atoms. The van der Waals surface area contributed by atoms with Gasteiger partial charge in [0.2, 0.25) is 5.91 Å². The first-order valence-electron chi connectivity index (χ1n) is 6.23. The van der Waals surface area contributed by atoms with Gasteiger partial charge in [-0.25, -0.2) is 0 Å². The fourth-order valence-electron chi connectivity index (χ4n) is 2.26. The van der Waals surface area contributed by atoms with Gasteiger partial charge in [0.25, 0.3) is 5.91 Å². The summed E-state index contributed by atoms with van der Waals surface area (Å²) in [7, 11) is 0. The summed E-state index contributed by atoms with van der Waals surface area (Å²) in [4.78, 5) is 25.3. The van der Waals surface area contributed by atoms with Crippen LogP contribution in [0.1, 0.15) is 32.4 Å². The third-order valence-electron chi connectivity index (χ3n) is 3.46. The summed E-state index contributed by atoms with van der Waals surface area (Å²) in [5.41, 5.74) is 0.586. The van der Waals surface area contributed by atoms with E-state index in [0.717, 1.165) is 0 Å². The van der Waals surface area contributed by atoms with Crippen LogP contribution >= 0.6 is 0 Å². The lowest BCUT2D eigenvalue weighted by Gasteiger charge is -2.42. The van der Waals surface area contributed by atoms with Gasteiger partial charge in [0, 0.05) is 11.3 Å². The third kappa shape index (κ3) is 2.33. The largest absolute Gasteiger partial charge is 0.389 e. The Bertz CT molecular complexity index is 523. The van der Waals surface area contributed by atoms with Crippen LogP contribution in [0.2, 0.25) is 0 Å². The van der Waals surface area contributed by atoms with E-state index in [1.54, 1.807) is 31.7 Å². The summed E-state index contributed by atoms with van der Waals surface area (Å²) in [6.45, 7) is 5.28. The molecule has 1 aliphatic rings. The minimum Gasteiger partial charge on any atom is -0.389 e. The standard InChI is InChI=1S/C14H18N2O3/c1-9(17)10-6-4-5-7-11(10)16-8-12(18)15-13(19)14(16,2)3/h4-7,9,17H,8H2,1-3H3,(H,15,18,19)/t9-/m0/s1. The van der Waals surface area contributed by atoms with Gasteiger partial charge in [-0.2, -0.15) is 0 Å². The van der Waals surface area contributed by atoms with Gasteiger partial charge >= 0.3 is 0 Å². The van der Waals surface area contributed by atoms with Crippen LogP contribution in [0.25, 0.3) is 0 Å². The number of carbonyl (C=O) groups is 2. The van der Waals surface area contributed by atoms with Crippen molar-refractivity contribution < 1.29 is 14.7 Å². The molecular weight excluding hydrogens is 244 g/mol. The quantitative estimate of drug-likeness (QED) is 0.780. The Morgan fingerprint density at radius 2 is 1.95 bits per heavy atom. The minimum absolute atomic E-state index is 0.0997. The van der Waals surface area contributed by atoms with Crippen molar-refractivity contribution in [2.75, 3.05) is 11.4 Å². The molecule has 0 spiro atoms. The molecule has 1 aromatic rings. The Morgan fingerprint density at radius 1 is 1.32 bits per heavy atom. The van der Waals surface area contributed by atoms with Crippen LogP contribution in [0.3, 0.4) is 0 Å². The summed E-state index contributed by atoms with van der Waals surface area (Å²) in [5, 5.41) is 12.2. The number of rotatable bonds is 2. The van der Waals surface area contributed by atoms with Crippen molar-refractivity contribution in [3.63, 3.8) is 0 Å². The highest BCUT2D eigenvalue weighted by Gasteiger charge is 2.41. The van der Waals surface area contributed by atoms with E-state index >= 15 is 0 Å². The SMILES string of the molecule is C[C@H](O)c1ccccc1N1CC(=O)NC(=O)C1(C)C. The number of piperazine rings is 1. The predicted octanol–water partition coefficient (Wildman–Crippen LogP) is 0.981. The zero-order chi connectivity index (χ0) is 14.2. The summed E-state index contributed by atoms with van der Waals surface area (Å²) >= 11 is 0. The highest BCUT2D eigenvalue weighted by atomic mass is 16.3. The van der Waals surface area contributed by atoms with Crippen LogP contribution in [0.15, 0.2) is 24.3 Å². The maximum atomic E-state index is 12.0. The second kappa shape index (κ2) is 4.66. The molecule has 0 aromatic heterocycles. The number of nitrogens with one attached hydrogen (secondary N) is 1. The summed E-state index contributed by atoms with van der Waals surface area (Å²) < 4.78 is 0. The van der Waals surface area contributed by atoms with Crippen molar-refractivity contribution >= 4 is 17.5 Å². The highest BCUT2D eigenvalue weighted by molar-refractivity contribution is 6.06. The average Bonchev–Trinajstić information content (AvgIpc) is 2.34. The van der Waals surface area contributed by atoms with E-state index in [0.29, 0.717) is 11.3 Å². The number of benzene rings is 1. The maximum absolute atomic E-state index is 12.0. The van der Waals surface area contributed by atoms with E-state index in [4.69, 9.17) is 0 Å². The molecule has 2 amide bonds. The van der Waals surface area contributed by atoms with Crippen LogP contribution in [-0.2, 0) is 9.59 Å². The maximum Gasteiger partial charge on any atom is 0.251 e. The summed E-state index contributed by atoms with van der Waals surface area (Å²) in [6, 6.07) is 7.27. The Hall–Kier alpha value is -1.88. The van der Waals surface area contributed by atoms with Gasteiger partial charge in [0.1, 0.15) is 5.54 Å². The molecule has 5 nitrogen and oxygen atoms in total. The first kappa shape index (κ1) is 13.5. The fraction of sp³-hybridized carbons (Fsp3) is 0.429. The molecule has 1 aliphatic heterocycles. The molecular formula is C14H18N2O3. The number of aliphatic hydroxyl groups is 1. The van der Waals surface area contributed by atoms with Gasteiger partial charge in [-0.05, 0) is 26.8 Å². The Kier molecular flexibility index (Phi) is 3.32. The monoisotopic (exact) mass is 262 g/mol. The van der Waals surface area contributed by atoms with Crippen molar-refractivity contribution in [1.82, 2.24) is 5.32 Å². The van der Waals surface area contributed by atoms with Gasteiger partial charge in [0.05, 0.1) is 12.6 Å². The molecule has 1 atom stereocenters. The lowest BCUT2D eigenvalue weighted by atomic mass is 9.95. The molecule has 1 aromatic carbocycles. The molecule has 0 saturated carbocycles. The second-order valence-corrected chi connectivity index (χ2v) is 5.26. The van der Waals surface area contributed by atoms with Crippen molar-refractivity contribution in [3.05, 3.63) is 29.8 Å². The predicted molar refractivity (Wildman–Crippen MR) is 71.7 cm³/mol. The molecule has 0 unspecified atom stereocenters. The average molecular weight is 262 g/mol. The molecule has 1 saturated heterocycles. The van der Waals surface area contributed by atoms with Gasteiger partial charge in [0.15, 0.2) is 0 Å². The Labute approximate surface area is 112 Å². The number of nitrogens with zero attached hydrogens (tertiary/aromatic N) is 1. The molecule has 2 N–H and O–H groups in total. The number of amides is 2. The van der Waals surface area contributed by atoms with Crippen LogP contribution in [0.5, 0.6) is 0 Å². The topological polar surface area (TPSA) is 69.6 Å². The van der Waals surface area contributed by atoms with E-state index in [1.165, 1.54) is 0 Å². The summed E-state index contributed by atoms with van der Waals surface area (Å²) in [6.07, 6.45) is -0.660. The Balaban J connectivity index is 2.50. The van der Waals surface area contributed by atoms with Crippen LogP contribution in [-0.4, -0.2) is 29.0 Å². The highest BCUT2D eigenvalue weighted by Crippen LogP contribution is 2.32. The molecule has 0 aliphatic carbocycles. The lowest BCUT2D eigenvalue weighted by molar-refractivity contribution is -0.135. The van der Waals surface area contributed by atoms with E-state index in [-0.39, 0.29) is 18.4 Å². The van der Waals surface area contributed by atoms with E-state index < -0.39 is 11.6 Å². The summed E-state index contributed by atoms with van der Waals surface area (Å²) in [5.74, 6) is -0.658. The van der Waals surface area contributed by atoms with Crippen molar-refractivity contribution in [1.29, 1.82) is 0 Å². The number of aliphatic hydroxyl groups excluding tert-OH is 1. The number of hydrogen-bond acceptors (Lipinski definition) is 4. The molecule has 5 heteroatoms. The first-order chi connectivity index (χ1) is 8.84. The van der Waals surface area contributed by atoms with E-state index in [2.05, 4.69) is 5.32 Å². The van der Waals surface area contributed by atoms with Crippen LogP contribution in [0.4, 0.5) is 5.69 Å². The molecule has 1 heterocycles. The van der Waals surface area contributed by atoms with Crippen LogP contribution in [0, 0.1) is 0 Å². The zero-order valence-electron chi connectivity index (χ0n) is 11.3. The molecule has 102 valence electrons. The second-order valence-electron chi connectivity index (χ2n) is 5.26. The smallest absolute Gasteiger partial charge is 0.251 e. The first-order valence-corrected chi connectivity index (χ1v) is 6.23. The fourth-order valence-corrected chi connectivity index (χ4v) is 2.26. The molecule has 19 heavy (non-hydrogen) atoms. The van der Waals surface area contributed by atoms with Gasteiger partial charge in [-0.15, -0.1) is 0 Å². The normalized spacial score (nSPS) is 20.1. The van der Waals surface area contributed by atoms with Gasteiger partial charge in [-0.1, -0.05) is 18.2 Å². The lowest BCUT2D eigenvalue weighted by Crippen LogP contribution is -2.64. The minimum atomic E-state index is -0.834. The van der Waals surface area contributed by atoms with Gasteiger partial charge in [-0.3, -0.25) is 14.9 Å². The number of hydrogen-bond donors (Lipinski definition) is 2. The Morgan fingerprint density at radius 3 is 2.58 bits per heavy atom. The molecule has 1 fully saturated rings. The van der Waals surface area contributed by atoms with Crippen molar-refractivity contribution in [3.8, 4) is 0 Å². The number of anilines is 1. The number of carbonyl (C=O) groups excluding carboxylic acids is 2. The number of para-hydroxylation sites is 1. The molecule has 0 radical (unpaired) electrons.